The van der Waals surface area contributed by atoms with E-state index in [1.807, 2.05) is 31.7 Å². The van der Waals surface area contributed by atoms with Gasteiger partial charge in [0.1, 0.15) is 17.5 Å². The van der Waals surface area contributed by atoms with Gasteiger partial charge in [0, 0.05) is 19.1 Å². The molecule has 2 rings (SSSR count). The number of aromatic nitrogens is 1. The minimum Gasteiger partial charge on any atom is -0.478 e. The van der Waals surface area contributed by atoms with Crippen LogP contribution < -0.4 is 10.2 Å². The summed E-state index contributed by atoms with van der Waals surface area (Å²) in [4.78, 5) is 29.4. The maximum Gasteiger partial charge on any atom is 0.407 e. The highest BCUT2D eigenvalue weighted by atomic mass is 16.6. The van der Waals surface area contributed by atoms with E-state index in [0.29, 0.717) is 37.4 Å². The number of nitrogens with one attached hydrogen (secondary N) is 1. The highest BCUT2D eigenvalue weighted by Crippen LogP contribution is 2.24. The first-order valence-electron chi connectivity index (χ1n) is 8.50. The number of alkyl carbamates (subject to hydrolysis) is 1. The van der Waals surface area contributed by atoms with E-state index in [4.69, 9.17) is 4.74 Å². The van der Waals surface area contributed by atoms with Gasteiger partial charge in [-0.05, 0) is 46.6 Å². The van der Waals surface area contributed by atoms with Crippen molar-refractivity contribution in [3.05, 3.63) is 22.9 Å². The standard InChI is InChI=1S/C18H24N4O4/c1-11-14(16(23)24)9-12(10-19)15(20-11)22-7-5-13(6-8-22)21-17(25)26-18(2,3)4/h9,13H,5-8H2,1-4H3,(H,21,25)(H,23,24). The van der Waals surface area contributed by atoms with Crippen LogP contribution in [0.3, 0.4) is 0 Å². The van der Waals surface area contributed by atoms with Crippen LogP contribution in [0, 0.1) is 18.3 Å². The lowest BCUT2D eigenvalue weighted by Crippen LogP contribution is -2.46. The molecule has 1 saturated heterocycles. The SMILES string of the molecule is Cc1nc(N2CCC(NC(=O)OC(C)(C)C)CC2)c(C#N)cc1C(=O)O. The van der Waals surface area contributed by atoms with Crippen molar-refractivity contribution >= 4 is 17.9 Å². The van der Waals surface area contributed by atoms with E-state index in [0.717, 1.165) is 0 Å². The fourth-order valence-corrected chi connectivity index (χ4v) is 2.84. The number of rotatable bonds is 3. The Labute approximate surface area is 152 Å². The summed E-state index contributed by atoms with van der Waals surface area (Å²) < 4.78 is 5.27. The number of nitrogens with zero attached hydrogens (tertiary/aromatic N) is 3. The lowest BCUT2D eigenvalue weighted by atomic mass is 10.0. The molecule has 0 bridgehead atoms. The molecule has 0 radical (unpaired) electrons. The van der Waals surface area contributed by atoms with Crippen molar-refractivity contribution < 1.29 is 19.4 Å². The average molecular weight is 360 g/mol. The number of carbonyl (C=O) groups is 2. The summed E-state index contributed by atoms with van der Waals surface area (Å²) >= 11 is 0. The van der Waals surface area contributed by atoms with Gasteiger partial charge in [0.25, 0.3) is 0 Å². The molecule has 0 aliphatic carbocycles. The van der Waals surface area contributed by atoms with E-state index in [2.05, 4.69) is 10.3 Å². The molecule has 0 aromatic carbocycles. The zero-order valence-electron chi connectivity index (χ0n) is 15.5. The van der Waals surface area contributed by atoms with Crippen LogP contribution in [-0.2, 0) is 4.74 Å². The second-order valence-electron chi connectivity index (χ2n) is 7.32. The number of anilines is 1. The van der Waals surface area contributed by atoms with Crippen LogP contribution in [0.15, 0.2) is 6.07 Å². The summed E-state index contributed by atoms with van der Waals surface area (Å²) in [7, 11) is 0. The minimum absolute atomic E-state index is 0.00831. The molecule has 1 amide bonds. The van der Waals surface area contributed by atoms with Crippen molar-refractivity contribution in [2.75, 3.05) is 18.0 Å². The first-order chi connectivity index (χ1) is 12.1. The highest BCUT2D eigenvalue weighted by molar-refractivity contribution is 5.89. The van der Waals surface area contributed by atoms with E-state index in [1.165, 1.54) is 6.07 Å². The number of aryl methyl sites for hydroxylation is 1. The molecule has 2 heterocycles. The Morgan fingerprint density at radius 3 is 2.50 bits per heavy atom. The Morgan fingerprint density at radius 1 is 1.38 bits per heavy atom. The second kappa shape index (κ2) is 7.60. The van der Waals surface area contributed by atoms with Crippen LogP contribution in [0.5, 0.6) is 0 Å². The monoisotopic (exact) mass is 360 g/mol. The molecular formula is C18H24N4O4. The Kier molecular flexibility index (Phi) is 5.70. The molecule has 8 heteroatoms. The van der Waals surface area contributed by atoms with Crippen molar-refractivity contribution in [1.29, 1.82) is 5.26 Å². The van der Waals surface area contributed by atoms with Gasteiger partial charge in [0.05, 0.1) is 16.8 Å². The second-order valence-corrected chi connectivity index (χ2v) is 7.32. The predicted molar refractivity (Wildman–Crippen MR) is 95.3 cm³/mol. The molecule has 0 saturated carbocycles. The zero-order valence-corrected chi connectivity index (χ0v) is 15.5. The summed E-state index contributed by atoms with van der Waals surface area (Å²) in [6, 6.07) is 3.39. The molecule has 1 aliphatic rings. The molecule has 1 aromatic rings. The van der Waals surface area contributed by atoms with Crippen LogP contribution in [-0.4, -0.2) is 46.9 Å². The number of carboxylic acids is 1. The first-order valence-corrected chi connectivity index (χ1v) is 8.50. The Balaban J connectivity index is 2.04. The quantitative estimate of drug-likeness (QED) is 0.850. The molecule has 2 N–H and O–H groups in total. The summed E-state index contributed by atoms with van der Waals surface area (Å²) in [6.45, 7) is 8.26. The molecular weight excluding hydrogens is 336 g/mol. The maximum atomic E-state index is 11.9. The van der Waals surface area contributed by atoms with Gasteiger partial charge in [0.15, 0.2) is 0 Å². The van der Waals surface area contributed by atoms with Crippen LogP contribution >= 0.6 is 0 Å². The van der Waals surface area contributed by atoms with Gasteiger partial charge in [-0.1, -0.05) is 0 Å². The third-order valence-corrected chi connectivity index (χ3v) is 4.06. The van der Waals surface area contributed by atoms with Gasteiger partial charge >= 0.3 is 12.1 Å². The number of ether oxygens (including phenoxy) is 1. The number of nitriles is 1. The van der Waals surface area contributed by atoms with E-state index in [-0.39, 0.29) is 17.2 Å². The third kappa shape index (κ3) is 4.85. The zero-order chi connectivity index (χ0) is 19.5. The Hall–Kier alpha value is -2.82. The summed E-state index contributed by atoms with van der Waals surface area (Å²) in [5.74, 6) is -0.607. The fraction of sp³-hybridized carbons (Fsp3) is 0.556. The molecule has 1 aromatic heterocycles. The first kappa shape index (κ1) is 19.5. The van der Waals surface area contributed by atoms with E-state index < -0.39 is 17.7 Å². The normalized spacial score (nSPS) is 15.3. The van der Waals surface area contributed by atoms with Gasteiger partial charge in [-0.15, -0.1) is 0 Å². The van der Waals surface area contributed by atoms with Crippen molar-refractivity contribution in [1.82, 2.24) is 10.3 Å². The van der Waals surface area contributed by atoms with Crippen molar-refractivity contribution in [3.8, 4) is 6.07 Å². The van der Waals surface area contributed by atoms with Crippen LogP contribution in [0.1, 0.15) is 55.2 Å². The minimum atomic E-state index is -1.10. The number of piperidine rings is 1. The van der Waals surface area contributed by atoms with Gasteiger partial charge in [0.2, 0.25) is 0 Å². The predicted octanol–water partition coefficient (Wildman–Crippen LogP) is 2.45. The summed E-state index contributed by atoms with van der Waals surface area (Å²) in [5.41, 5.74) is 0.110. The van der Waals surface area contributed by atoms with Crippen LogP contribution in [0.2, 0.25) is 0 Å². The maximum absolute atomic E-state index is 11.9. The van der Waals surface area contributed by atoms with Gasteiger partial charge in [-0.25, -0.2) is 14.6 Å². The Bertz CT molecular complexity index is 741. The van der Waals surface area contributed by atoms with Crippen molar-refractivity contribution in [2.24, 2.45) is 0 Å². The van der Waals surface area contributed by atoms with Crippen LogP contribution in [0.25, 0.3) is 0 Å². The third-order valence-electron chi connectivity index (χ3n) is 4.06. The largest absolute Gasteiger partial charge is 0.478 e. The lowest BCUT2D eigenvalue weighted by Gasteiger charge is -2.34. The van der Waals surface area contributed by atoms with Crippen LogP contribution in [0.4, 0.5) is 10.6 Å². The van der Waals surface area contributed by atoms with Gasteiger partial charge < -0.3 is 20.1 Å². The molecule has 0 atom stereocenters. The number of carbonyl (C=O) groups excluding carboxylic acids is 1. The number of hydrogen-bond acceptors (Lipinski definition) is 6. The fourth-order valence-electron chi connectivity index (χ4n) is 2.84. The highest BCUT2D eigenvalue weighted by Gasteiger charge is 2.26. The number of aromatic carboxylic acids is 1. The molecule has 140 valence electrons. The number of carboxylic acid groups (broad SMARTS) is 1. The molecule has 0 unspecified atom stereocenters. The van der Waals surface area contributed by atoms with Gasteiger partial charge in [-0.3, -0.25) is 0 Å². The molecule has 1 fully saturated rings. The van der Waals surface area contributed by atoms with E-state index >= 15 is 0 Å². The van der Waals surface area contributed by atoms with E-state index in [1.54, 1.807) is 6.92 Å². The summed E-state index contributed by atoms with van der Waals surface area (Å²) in [5, 5.41) is 21.4. The molecule has 26 heavy (non-hydrogen) atoms. The average Bonchev–Trinajstić information content (AvgIpc) is 2.53. The van der Waals surface area contributed by atoms with Gasteiger partial charge in [-0.2, -0.15) is 5.26 Å². The molecule has 0 spiro atoms. The molecule has 1 aliphatic heterocycles. The molecule has 8 nitrogen and oxygen atoms in total. The van der Waals surface area contributed by atoms with Crippen molar-refractivity contribution in [2.45, 2.75) is 52.2 Å². The lowest BCUT2D eigenvalue weighted by molar-refractivity contribution is 0.0496. The topological polar surface area (TPSA) is 116 Å². The number of hydrogen-bond donors (Lipinski definition) is 2. The van der Waals surface area contributed by atoms with E-state index in [9.17, 15) is 20.0 Å². The number of pyridine rings is 1. The number of amides is 1. The smallest absolute Gasteiger partial charge is 0.407 e. The van der Waals surface area contributed by atoms with Crippen molar-refractivity contribution in [3.63, 3.8) is 0 Å². The Morgan fingerprint density at radius 2 is 2.00 bits per heavy atom. The summed E-state index contributed by atoms with van der Waals surface area (Å²) in [6.07, 6.45) is 0.935.